The van der Waals surface area contributed by atoms with E-state index in [1.54, 1.807) is 0 Å². The predicted octanol–water partition coefficient (Wildman–Crippen LogP) is 3.90. The fraction of sp³-hybridized carbons (Fsp3) is 0.458. The lowest BCUT2D eigenvalue weighted by Crippen LogP contribution is -2.45. The molecule has 1 heterocycles. The Morgan fingerprint density at radius 3 is 2.38 bits per heavy atom. The SMILES string of the molecule is CCN1CCN(Cc2ccccc2CNC(=O)C2CC2c2ccccc2Cl)CC1. The second-order valence-corrected chi connectivity index (χ2v) is 8.57. The predicted molar refractivity (Wildman–Crippen MR) is 118 cm³/mol. The van der Waals surface area contributed by atoms with Crippen molar-refractivity contribution in [2.24, 2.45) is 5.92 Å². The van der Waals surface area contributed by atoms with Gasteiger partial charge in [-0.1, -0.05) is 61.0 Å². The molecule has 2 fully saturated rings. The molecule has 154 valence electrons. The van der Waals surface area contributed by atoms with Gasteiger partial charge < -0.3 is 10.2 Å². The second-order valence-electron chi connectivity index (χ2n) is 8.17. The normalized spacial score (nSPS) is 22.4. The van der Waals surface area contributed by atoms with Crippen LogP contribution in [0.1, 0.15) is 36.0 Å². The first-order valence-corrected chi connectivity index (χ1v) is 11.1. The van der Waals surface area contributed by atoms with E-state index in [1.165, 1.54) is 11.1 Å². The summed E-state index contributed by atoms with van der Waals surface area (Å²) in [6, 6.07) is 16.3. The summed E-state index contributed by atoms with van der Waals surface area (Å²) in [7, 11) is 0. The van der Waals surface area contributed by atoms with Crippen molar-refractivity contribution in [1.82, 2.24) is 15.1 Å². The van der Waals surface area contributed by atoms with Gasteiger partial charge in [-0.3, -0.25) is 9.69 Å². The standard InChI is InChI=1S/C24H30ClN3O/c1-2-27-11-13-28(14-12-27)17-19-8-4-3-7-18(19)16-26-24(29)22-15-21(22)20-9-5-6-10-23(20)25/h3-10,21-22H,2,11-17H2,1H3,(H,26,29). The van der Waals surface area contributed by atoms with Crippen molar-refractivity contribution in [2.45, 2.75) is 32.4 Å². The number of piperazine rings is 1. The molecular formula is C24H30ClN3O. The molecule has 0 radical (unpaired) electrons. The minimum absolute atomic E-state index is 0.0455. The number of halogens is 1. The largest absolute Gasteiger partial charge is 0.352 e. The van der Waals surface area contributed by atoms with Crippen LogP contribution in [0.15, 0.2) is 48.5 Å². The van der Waals surface area contributed by atoms with E-state index in [-0.39, 0.29) is 17.7 Å². The number of rotatable bonds is 7. The fourth-order valence-corrected chi connectivity index (χ4v) is 4.58. The van der Waals surface area contributed by atoms with Gasteiger partial charge in [0, 0.05) is 50.2 Å². The number of nitrogens with zero attached hydrogens (tertiary/aromatic N) is 2. The van der Waals surface area contributed by atoms with Crippen LogP contribution in [0.3, 0.4) is 0 Å². The highest BCUT2D eigenvalue weighted by Gasteiger charge is 2.44. The molecule has 2 unspecified atom stereocenters. The molecule has 1 aliphatic heterocycles. The average Bonchev–Trinajstić information content (AvgIpc) is 3.54. The molecule has 1 saturated heterocycles. The molecule has 1 N–H and O–H groups in total. The summed E-state index contributed by atoms with van der Waals surface area (Å²) in [6.07, 6.45) is 0.888. The molecule has 2 atom stereocenters. The van der Waals surface area contributed by atoms with Crippen LogP contribution in [0.5, 0.6) is 0 Å². The van der Waals surface area contributed by atoms with Gasteiger partial charge in [0.2, 0.25) is 5.91 Å². The smallest absolute Gasteiger partial charge is 0.224 e. The van der Waals surface area contributed by atoms with Gasteiger partial charge in [0.1, 0.15) is 0 Å². The van der Waals surface area contributed by atoms with Crippen LogP contribution in [0, 0.1) is 5.92 Å². The zero-order valence-electron chi connectivity index (χ0n) is 17.1. The highest BCUT2D eigenvalue weighted by Crippen LogP contribution is 2.49. The molecule has 2 aromatic rings. The van der Waals surface area contributed by atoms with Crippen LogP contribution in [0.25, 0.3) is 0 Å². The lowest BCUT2D eigenvalue weighted by molar-refractivity contribution is -0.122. The first-order valence-electron chi connectivity index (χ1n) is 10.7. The van der Waals surface area contributed by atoms with Crippen LogP contribution in [-0.2, 0) is 17.9 Å². The van der Waals surface area contributed by atoms with Gasteiger partial charge in [-0.25, -0.2) is 0 Å². The minimum atomic E-state index is 0.0455. The van der Waals surface area contributed by atoms with E-state index >= 15 is 0 Å². The van der Waals surface area contributed by atoms with Gasteiger partial charge in [-0.05, 0) is 41.6 Å². The number of benzene rings is 2. The molecule has 0 spiro atoms. The first kappa shape index (κ1) is 20.4. The van der Waals surface area contributed by atoms with Crippen LogP contribution in [0.4, 0.5) is 0 Å². The quantitative estimate of drug-likeness (QED) is 0.750. The Hall–Kier alpha value is -1.88. The van der Waals surface area contributed by atoms with Gasteiger partial charge in [0.25, 0.3) is 0 Å². The summed E-state index contributed by atoms with van der Waals surface area (Å²) in [6.45, 7) is 9.40. The zero-order chi connectivity index (χ0) is 20.2. The van der Waals surface area contributed by atoms with Gasteiger partial charge in [0.15, 0.2) is 0 Å². The summed E-state index contributed by atoms with van der Waals surface area (Å²) in [5, 5.41) is 3.93. The number of nitrogens with one attached hydrogen (secondary N) is 1. The second kappa shape index (κ2) is 9.29. The molecule has 4 nitrogen and oxygen atoms in total. The highest BCUT2D eigenvalue weighted by molar-refractivity contribution is 6.31. The number of carbonyl (C=O) groups is 1. The zero-order valence-corrected chi connectivity index (χ0v) is 17.9. The molecule has 0 aromatic heterocycles. The van der Waals surface area contributed by atoms with Crippen LogP contribution < -0.4 is 5.32 Å². The lowest BCUT2D eigenvalue weighted by Gasteiger charge is -2.34. The molecular weight excluding hydrogens is 382 g/mol. The summed E-state index contributed by atoms with van der Waals surface area (Å²) >= 11 is 6.29. The molecule has 1 amide bonds. The van der Waals surface area contributed by atoms with Crippen molar-refractivity contribution in [1.29, 1.82) is 0 Å². The molecule has 4 rings (SSSR count). The Morgan fingerprint density at radius 1 is 1.00 bits per heavy atom. The Morgan fingerprint density at radius 2 is 1.66 bits per heavy atom. The van der Waals surface area contributed by atoms with E-state index in [1.807, 2.05) is 24.3 Å². The van der Waals surface area contributed by atoms with Gasteiger partial charge in [-0.15, -0.1) is 0 Å². The maximum atomic E-state index is 12.7. The third-order valence-electron chi connectivity index (χ3n) is 6.31. The number of hydrogen-bond acceptors (Lipinski definition) is 3. The number of amides is 1. The maximum Gasteiger partial charge on any atom is 0.224 e. The summed E-state index contributed by atoms with van der Waals surface area (Å²) < 4.78 is 0. The monoisotopic (exact) mass is 411 g/mol. The Kier molecular flexibility index (Phi) is 6.53. The molecule has 0 bridgehead atoms. The van der Waals surface area contributed by atoms with Gasteiger partial charge in [-0.2, -0.15) is 0 Å². The van der Waals surface area contributed by atoms with E-state index in [2.05, 4.69) is 46.3 Å². The number of hydrogen-bond donors (Lipinski definition) is 1. The Labute approximate surface area is 178 Å². The highest BCUT2D eigenvalue weighted by atomic mass is 35.5. The van der Waals surface area contributed by atoms with Crippen molar-refractivity contribution < 1.29 is 4.79 Å². The molecule has 1 aliphatic carbocycles. The molecule has 29 heavy (non-hydrogen) atoms. The molecule has 5 heteroatoms. The van der Waals surface area contributed by atoms with E-state index in [0.717, 1.165) is 56.3 Å². The number of likely N-dealkylation sites (N-methyl/N-ethyl adjacent to an activating group) is 1. The number of carbonyl (C=O) groups excluding carboxylic acids is 1. The fourth-order valence-electron chi connectivity index (χ4n) is 4.31. The van der Waals surface area contributed by atoms with Crippen molar-refractivity contribution in [3.8, 4) is 0 Å². The van der Waals surface area contributed by atoms with Crippen molar-refractivity contribution >= 4 is 17.5 Å². The Bertz CT molecular complexity index is 848. The van der Waals surface area contributed by atoms with E-state index in [4.69, 9.17) is 11.6 Å². The third-order valence-corrected chi connectivity index (χ3v) is 6.65. The van der Waals surface area contributed by atoms with Crippen molar-refractivity contribution in [2.75, 3.05) is 32.7 Å². The van der Waals surface area contributed by atoms with Gasteiger partial charge >= 0.3 is 0 Å². The summed E-state index contributed by atoms with van der Waals surface area (Å²) in [5.74, 6) is 0.444. The van der Waals surface area contributed by atoms with Crippen LogP contribution >= 0.6 is 11.6 Å². The summed E-state index contributed by atoms with van der Waals surface area (Å²) in [4.78, 5) is 17.7. The van der Waals surface area contributed by atoms with E-state index in [9.17, 15) is 4.79 Å². The minimum Gasteiger partial charge on any atom is -0.352 e. The van der Waals surface area contributed by atoms with Crippen molar-refractivity contribution in [3.05, 3.63) is 70.2 Å². The molecule has 2 aromatic carbocycles. The molecule has 2 aliphatic rings. The first-order chi connectivity index (χ1) is 14.2. The van der Waals surface area contributed by atoms with E-state index in [0.29, 0.717) is 6.54 Å². The van der Waals surface area contributed by atoms with Crippen molar-refractivity contribution in [3.63, 3.8) is 0 Å². The van der Waals surface area contributed by atoms with Crippen LogP contribution in [0.2, 0.25) is 5.02 Å². The Balaban J connectivity index is 1.31. The maximum absolute atomic E-state index is 12.7. The van der Waals surface area contributed by atoms with Gasteiger partial charge in [0.05, 0.1) is 0 Å². The third kappa shape index (κ3) is 5.00. The topological polar surface area (TPSA) is 35.6 Å². The average molecular weight is 412 g/mol. The van der Waals surface area contributed by atoms with Crippen LogP contribution in [-0.4, -0.2) is 48.4 Å². The van der Waals surface area contributed by atoms with E-state index < -0.39 is 0 Å². The lowest BCUT2D eigenvalue weighted by atomic mass is 10.1. The summed E-state index contributed by atoms with van der Waals surface area (Å²) in [5.41, 5.74) is 3.63. The molecule has 1 saturated carbocycles.